The number of hydrogen-bond donors (Lipinski definition) is 1. The van der Waals surface area contributed by atoms with Gasteiger partial charge in [0.15, 0.2) is 5.69 Å². The summed E-state index contributed by atoms with van der Waals surface area (Å²) in [4.78, 5) is 12.9. The van der Waals surface area contributed by atoms with Crippen LogP contribution in [0.4, 0.5) is 26.3 Å². The van der Waals surface area contributed by atoms with Gasteiger partial charge >= 0.3 is 18.3 Å². The summed E-state index contributed by atoms with van der Waals surface area (Å²) in [5, 5.41) is 8.30. The van der Waals surface area contributed by atoms with Gasteiger partial charge in [-0.25, -0.2) is 9.78 Å². The zero-order chi connectivity index (χ0) is 13.4. The minimum atomic E-state index is -5.67. The zero-order valence-electron chi connectivity index (χ0n) is 7.63. The number of carbonyl (C=O) groups is 1. The molecule has 0 amide bonds. The van der Waals surface area contributed by atoms with Gasteiger partial charge < -0.3 is 9.52 Å². The van der Waals surface area contributed by atoms with E-state index in [0.29, 0.717) is 0 Å². The number of oxazole rings is 1. The van der Waals surface area contributed by atoms with E-state index in [1.165, 1.54) is 0 Å². The molecule has 0 bridgehead atoms. The van der Waals surface area contributed by atoms with E-state index in [0.717, 1.165) is 0 Å². The Kier molecular flexibility index (Phi) is 3.08. The zero-order valence-corrected chi connectivity index (χ0v) is 7.63. The largest absolute Gasteiger partial charge is 0.476 e. The van der Waals surface area contributed by atoms with Crippen LogP contribution in [0.15, 0.2) is 10.7 Å². The van der Waals surface area contributed by atoms with E-state index in [-0.39, 0.29) is 6.26 Å². The molecule has 4 nitrogen and oxygen atoms in total. The van der Waals surface area contributed by atoms with Crippen LogP contribution in [0, 0.1) is 0 Å². The molecule has 1 rings (SSSR count). The summed E-state index contributed by atoms with van der Waals surface area (Å²) in [6, 6.07) is 0. The van der Waals surface area contributed by atoms with Crippen LogP contribution in [-0.2, 0) is 0 Å². The van der Waals surface area contributed by atoms with Crippen LogP contribution in [0.3, 0.4) is 0 Å². The van der Waals surface area contributed by atoms with E-state index in [1.54, 1.807) is 0 Å². The number of carboxylic acids is 1. The second kappa shape index (κ2) is 3.93. The third kappa shape index (κ3) is 2.88. The Balaban J connectivity index is 3.19. The molecular weight excluding hydrogens is 260 g/mol. The predicted molar refractivity (Wildman–Crippen MR) is 38.3 cm³/mol. The van der Waals surface area contributed by atoms with Crippen LogP contribution in [0.25, 0.3) is 0 Å². The number of halogens is 6. The van der Waals surface area contributed by atoms with Crippen molar-refractivity contribution in [1.82, 2.24) is 4.98 Å². The second-order valence-electron chi connectivity index (χ2n) is 2.89. The van der Waals surface area contributed by atoms with Crippen molar-refractivity contribution >= 4 is 5.97 Å². The van der Waals surface area contributed by atoms with Crippen LogP contribution < -0.4 is 0 Å². The van der Waals surface area contributed by atoms with Gasteiger partial charge in [-0.05, 0) is 0 Å². The first-order valence-electron chi connectivity index (χ1n) is 3.85. The molecule has 0 aliphatic heterocycles. The quantitative estimate of drug-likeness (QED) is 0.833. The highest BCUT2D eigenvalue weighted by molar-refractivity contribution is 5.84. The van der Waals surface area contributed by atoms with Crippen LogP contribution in [-0.4, -0.2) is 28.4 Å². The average molecular weight is 263 g/mol. The Morgan fingerprint density at radius 3 is 2.00 bits per heavy atom. The summed E-state index contributed by atoms with van der Waals surface area (Å²) in [6.07, 6.45) is -11.1. The molecular formula is C7H3F6NO3. The molecule has 17 heavy (non-hydrogen) atoms. The minimum Gasteiger partial charge on any atom is -0.476 e. The third-order valence-corrected chi connectivity index (χ3v) is 1.64. The Labute approximate surface area is 88.9 Å². The van der Waals surface area contributed by atoms with Gasteiger partial charge in [-0.1, -0.05) is 0 Å². The molecule has 0 spiro atoms. The van der Waals surface area contributed by atoms with E-state index < -0.39 is 35.8 Å². The van der Waals surface area contributed by atoms with Crippen LogP contribution in [0.1, 0.15) is 22.3 Å². The lowest BCUT2D eigenvalue weighted by atomic mass is 10.1. The maximum absolute atomic E-state index is 12.1. The van der Waals surface area contributed by atoms with Gasteiger partial charge in [0, 0.05) is 0 Å². The third-order valence-electron chi connectivity index (χ3n) is 1.64. The van der Waals surface area contributed by atoms with E-state index in [2.05, 4.69) is 9.40 Å². The molecule has 1 aromatic rings. The summed E-state index contributed by atoms with van der Waals surface area (Å²) in [5.74, 6) is -7.48. The summed E-state index contributed by atoms with van der Waals surface area (Å²) in [5.41, 5.74) is -1.03. The molecule has 96 valence electrons. The van der Waals surface area contributed by atoms with Crippen molar-refractivity contribution in [3.63, 3.8) is 0 Å². The standard InChI is InChI=1S/C7H3F6NO3/c8-6(9,10)3(7(11,12)13)4-14-2(1-17-4)5(15)16/h1,3H,(H,15,16). The lowest BCUT2D eigenvalue weighted by Gasteiger charge is -2.19. The van der Waals surface area contributed by atoms with E-state index in [9.17, 15) is 31.1 Å². The first kappa shape index (κ1) is 13.3. The van der Waals surface area contributed by atoms with Gasteiger partial charge in [0.1, 0.15) is 6.26 Å². The van der Waals surface area contributed by atoms with Gasteiger partial charge in [-0.15, -0.1) is 0 Å². The lowest BCUT2D eigenvalue weighted by molar-refractivity contribution is -0.258. The molecule has 0 fully saturated rings. The smallest absolute Gasteiger partial charge is 0.409 e. The SMILES string of the molecule is O=C(O)c1coc(C(C(F)(F)F)C(F)(F)F)n1. The fourth-order valence-corrected chi connectivity index (χ4v) is 0.984. The molecule has 0 aromatic carbocycles. The first-order chi connectivity index (χ1) is 7.53. The van der Waals surface area contributed by atoms with Crippen LogP contribution in [0.2, 0.25) is 0 Å². The number of carboxylic acid groups (broad SMARTS) is 1. The Bertz CT molecular complexity index is 406. The maximum atomic E-state index is 12.1. The molecule has 0 saturated heterocycles. The van der Waals surface area contributed by atoms with Crippen molar-refractivity contribution in [1.29, 1.82) is 0 Å². The maximum Gasteiger partial charge on any atom is 0.409 e. The highest BCUT2D eigenvalue weighted by Crippen LogP contribution is 2.45. The monoisotopic (exact) mass is 263 g/mol. The summed E-state index contributed by atoms with van der Waals surface area (Å²) >= 11 is 0. The molecule has 1 heterocycles. The molecule has 0 saturated carbocycles. The van der Waals surface area contributed by atoms with Gasteiger partial charge in [0.2, 0.25) is 11.8 Å². The molecule has 0 unspecified atom stereocenters. The van der Waals surface area contributed by atoms with Crippen LogP contribution >= 0.6 is 0 Å². The van der Waals surface area contributed by atoms with Crippen molar-refractivity contribution < 1.29 is 40.7 Å². The Hall–Kier alpha value is -1.74. The number of aromatic nitrogens is 1. The highest BCUT2D eigenvalue weighted by Gasteiger charge is 2.60. The highest BCUT2D eigenvalue weighted by atomic mass is 19.4. The second-order valence-corrected chi connectivity index (χ2v) is 2.89. The van der Waals surface area contributed by atoms with Crippen LogP contribution in [0.5, 0.6) is 0 Å². The molecule has 1 N–H and O–H groups in total. The van der Waals surface area contributed by atoms with E-state index >= 15 is 0 Å². The van der Waals surface area contributed by atoms with E-state index in [4.69, 9.17) is 5.11 Å². The number of hydrogen-bond acceptors (Lipinski definition) is 3. The molecule has 0 atom stereocenters. The number of alkyl halides is 6. The van der Waals surface area contributed by atoms with Gasteiger partial charge in [-0.2, -0.15) is 26.3 Å². The molecule has 0 aliphatic rings. The van der Waals surface area contributed by atoms with Crippen molar-refractivity contribution in [2.24, 2.45) is 0 Å². The first-order valence-corrected chi connectivity index (χ1v) is 3.85. The Morgan fingerprint density at radius 1 is 1.24 bits per heavy atom. The molecule has 1 aromatic heterocycles. The molecule has 10 heteroatoms. The number of nitrogens with zero attached hydrogens (tertiary/aromatic N) is 1. The van der Waals surface area contributed by atoms with Gasteiger partial charge in [0.25, 0.3) is 0 Å². The fraction of sp³-hybridized carbons (Fsp3) is 0.429. The Morgan fingerprint density at radius 2 is 1.71 bits per heavy atom. The molecule has 0 radical (unpaired) electrons. The van der Waals surface area contributed by atoms with Crippen molar-refractivity contribution in [3.05, 3.63) is 17.8 Å². The fourth-order valence-electron chi connectivity index (χ4n) is 0.984. The minimum absolute atomic E-state index is 0.210. The van der Waals surface area contributed by atoms with Crippen molar-refractivity contribution in [2.75, 3.05) is 0 Å². The lowest BCUT2D eigenvalue weighted by Crippen LogP contribution is -2.34. The topological polar surface area (TPSA) is 63.3 Å². The number of rotatable bonds is 2. The van der Waals surface area contributed by atoms with Crippen molar-refractivity contribution in [2.45, 2.75) is 18.3 Å². The van der Waals surface area contributed by atoms with Crippen molar-refractivity contribution in [3.8, 4) is 0 Å². The summed E-state index contributed by atoms with van der Waals surface area (Å²) < 4.78 is 76.8. The van der Waals surface area contributed by atoms with Gasteiger partial charge in [-0.3, -0.25) is 0 Å². The molecule has 0 aliphatic carbocycles. The average Bonchev–Trinajstić information content (AvgIpc) is 2.46. The normalized spacial score (nSPS) is 13.1. The van der Waals surface area contributed by atoms with Gasteiger partial charge in [0.05, 0.1) is 0 Å². The summed E-state index contributed by atoms with van der Waals surface area (Å²) in [7, 11) is 0. The predicted octanol–water partition coefficient (Wildman–Crippen LogP) is 2.58. The summed E-state index contributed by atoms with van der Waals surface area (Å²) in [6.45, 7) is 0. The number of aromatic carboxylic acids is 1. The van der Waals surface area contributed by atoms with E-state index in [1.807, 2.05) is 0 Å².